The van der Waals surface area contributed by atoms with E-state index in [9.17, 15) is 24.3 Å². The van der Waals surface area contributed by atoms with Gasteiger partial charge in [-0.2, -0.15) is 0 Å². The number of hydrogen-bond acceptors (Lipinski definition) is 7. The van der Waals surface area contributed by atoms with Crippen molar-refractivity contribution in [3.05, 3.63) is 96.1 Å². The minimum Gasteiger partial charge on any atom is -0.491 e. The molecule has 6 atom stereocenters. The van der Waals surface area contributed by atoms with Crippen LogP contribution in [-0.4, -0.2) is 63.6 Å². The number of imide groups is 2. The number of ether oxygens (including phenoxy) is 1. The second kappa shape index (κ2) is 11.3. The average molecular weight is 661 g/mol. The molecule has 3 aromatic rings. The maximum Gasteiger partial charge on any atom is 0.253 e. The lowest BCUT2D eigenvalue weighted by atomic mass is 9.56. The Kier molecular flexibility index (Phi) is 7.46. The van der Waals surface area contributed by atoms with Crippen LogP contribution in [0.1, 0.15) is 24.3 Å². The van der Waals surface area contributed by atoms with Gasteiger partial charge in [-0.1, -0.05) is 48.0 Å². The number of likely N-dealkylation sites (tertiary alicyclic amines) is 1. The molecule has 2 heterocycles. The normalized spacial score (nSPS) is 30.1. The van der Waals surface area contributed by atoms with E-state index in [0.29, 0.717) is 22.6 Å². The molecule has 3 fully saturated rings. The molecule has 0 radical (unpaired) electrons. The van der Waals surface area contributed by atoms with Crippen LogP contribution < -0.4 is 15.0 Å². The summed E-state index contributed by atoms with van der Waals surface area (Å²) in [6.07, 6.45) is 2.04. The zero-order valence-electron chi connectivity index (χ0n) is 24.9. The van der Waals surface area contributed by atoms with Crippen molar-refractivity contribution in [2.75, 3.05) is 30.5 Å². The summed E-state index contributed by atoms with van der Waals surface area (Å²) in [5.41, 5.74) is 3.33. The Morgan fingerprint density at radius 2 is 1.54 bits per heavy atom. The largest absolute Gasteiger partial charge is 0.491 e. The molecule has 2 aliphatic carbocycles. The first-order valence-electron chi connectivity index (χ1n) is 15.1. The number of carbonyl (C=O) groups is 4. The van der Waals surface area contributed by atoms with Gasteiger partial charge in [0.1, 0.15) is 12.4 Å². The molecular weight excluding hydrogens is 629 g/mol. The van der Waals surface area contributed by atoms with Crippen LogP contribution in [0.3, 0.4) is 0 Å². The molecule has 4 amide bonds. The molecule has 2 aliphatic heterocycles. The third kappa shape index (κ3) is 4.32. The van der Waals surface area contributed by atoms with Crippen molar-refractivity contribution in [3.63, 3.8) is 0 Å². The number of allylic oxidation sites excluding steroid dienone is 2. The molecule has 9 nitrogen and oxygen atoms in total. The molecule has 0 aromatic heterocycles. The van der Waals surface area contributed by atoms with Crippen molar-refractivity contribution in [2.45, 2.75) is 28.5 Å². The number of para-hydroxylation sites is 2. The lowest BCUT2D eigenvalue weighted by Gasteiger charge is -2.51. The molecule has 4 aliphatic rings. The Balaban J connectivity index is 1.28. The summed E-state index contributed by atoms with van der Waals surface area (Å²) >= 11 is 14.5. The highest BCUT2D eigenvalue weighted by atomic mass is 35.5. The number of halogens is 2. The minimum atomic E-state index is -1.92. The van der Waals surface area contributed by atoms with Gasteiger partial charge in [0.25, 0.3) is 11.8 Å². The van der Waals surface area contributed by atoms with Crippen LogP contribution >= 0.6 is 23.2 Å². The predicted molar refractivity (Wildman–Crippen MR) is 173 cm³/mol. The maximum absolute atomic E-state index is 14.3. The van der Waals surface area contributed by atoms with Gasteiger partial charge in [0.05, 0.1) is 24.1 Å². The summed E-state index contributed by atoms with van der Waals surface area (Å²) in [5.74, 6) is -4.70. The van der Waals surface area contributed by atoms with Gasteiger partial charge in [-0.3, -0.25) is 29.0 Å². The van der Waals surface area contributed by atoms with E-state index in [0.717, 1.165) is 16.3 Å². The first-order valence-corrected chi connectivity index (χ1v) is 15.9. The van der Waals surface area contributed by atoms with E-state index >= 15 is 0 Å². The smallest absolute Gasteiger partial charge is 0.253 e. The molecule has 46 heavy (non-hydrogen) atoms. The van der Waals surface area contributed by atoms with Gasteiger partial charge >= 0.3 is 0 Å². The standard InChI is InChI=1S/C35H31Cl2N3O6/c1-39-32(44)34(36)19-26-23(29(35(34,37)33(39)45)24-9-5-6-10-27(24)46-18-17-41)15-16-25-28(26)31(43)40(30(25)42)22-13-11-21(12-14-22)38-20-7-3-2-4-8-20/h2-15,25-26,28-29,38,41H,16-19H2,1H3/t25-,26+,28-,29+,34+,35-/m0/s1. The molecule has 0 spiro atoms. The number of anilines is 3. The number of aliphatic hydroxyl groups excluding tert-OH is 1. The lowest BCUT2D eigenvalue weighted by Crippen LogP contribution is -2.60. The van der Waals surface area contributed by atoms with E-state index in [-0.39, 0.29) is 37.9 Å². The van der Waals surface area contributed by atoms with Crippen molar-refractivity contribution in [1.82, 2.24) is 4.90 Å². The zero-order chi connectivity index (χ0) is 32.4. The van der Waals surface area contributed by atoms with E-state index in [1.807, 2.05) is 48.5 Å². The fourth-order valence-corrected chi connectivity index (χ4v) is 8.74. The van der Waals surface area contributed by atoms with Crippen molar-refractivity contribution in [3.8, 4) is 5.75 Å². The van der Waals surface area contributed by atoms with Crippen LogP contribution in [0.15, 0.2) is 90.5 Å². The van der Waals surface area contributed by atoms with Crippen molar-refractivity contribution < 1.29 is 29.0 Å². The first kappa shape index (κ1) is 30.5. The van der Waals surface area contributed by atoms with E-state index < -0.39 is 45.2 Å². The third-order valence-electron chi connectivity index (χ3n) is 9.78. The first-order chi connectivity index (χ1) is 22.1. The molecular formula is C35H31Cl2N3O6. The fourth-order valence-electron chi connectivity index (χ4n) is 7.73. The van der Waals surface area contributed by atoms with Gasteiger partial charge < -0.3 is 15.2 Å². The second-order valence-corrected chi connectivity index (χ2v) is 13.4. The summed E-state index contributed by atoms with van der Waals surface area (Å²) in [7, 11) is 1.35. The number of carbonyl (C=O) groups excluding carboxylic acids is 4. The summed E-state index contributed by atoms with van der Waals surface area (Å²) in [4.78, 5) is 54.1. The number of nitrogens with one attached hydrogen (secondary N) is 1. The summed E-state index contributed by atoms with van der Waals surface area (Å²) < 4.78 is 5.86. The summed E-state index contributed by atoms with van der Waals surface area (Å²) in [6, 6.07) is 23.7. The highest BCUT2D eigenvalue weighted by Gasteiger charge is 2.76. The van der Waals surface area contributed by atoms with Crippen molar-refractivity contribution in [1.29, 1.82) is 0 Å². The van der Waals surface area contributed by atoms with Crippen LogP contribution in [0.5, 0.6) is 5.75 Å². The van der Waals surface area contributed by atoms with Gasteiger partial charge in [-0.05, 0) is 61.2 Å². The predicted octanol–water partition coefficient (Wildman–Crippen LogP) is 4.99. The number of alkyl halides is 2. The molecule has 0 bridgehead atoms. The van der Waals surface area contributed by atoms with Crippen LogP contribution in [0.4, 0.5) is 17.1 Å². The zero-order valence-corrected chi connectivity index (χ0v) is 26.4. The number of nitrogens with zero attached hydrogens (tertiary/aromatic N) is 2. The Morgan fingerprint density at radius 1 is 0.870 bits per heavy atom. The molecule has 1 saturated carbocycles. The van der Waals surface area contributed by atoms with Crippen molar-refractivity contribution >= 4 is 63.9 Å². The Morgan fingerprint density at radius 3 is 2.26 bits per heavy atom. The van der Waals surface area contributed by atoms with Crippen molar-refractivity contribution in [2.24, 2.45) is 17.8 Å². The summed E-state index contributed by atoms with van der Waals surface area (Å²) in [5, 5.41) is 12.8. The van der Waals surface area contributed by atoms with E-state index in [4.69, 9.17) is 27.9 Å². The van der Waals surface area contributed by atoms with Crippen LogP contribution in [0.25, 0.3) is 0 Å². The Bertz CT molecular complexity index is 1780. The Hall–Kier alpha value is -4.18. The highest BCUT2D eigenvalue weighted by molar-refractivity contribution is 6.53. The number of aliphatic hydroxyl groups is 1. The quantitative estimate of drug-likeness (QED) is 0.208. The van der Waals surface area contributed by atoms with E-state index in [2.05, 4.69) is 5.32 Å². The van der Waals surface area contributed by atoms with Crippen LogP contribution in [0.2, 0.25) is 0 Å². The van der Waals surface area contributed by atoms with E-state index in [1.165, 1.54) is 11.9 Å². The lowest BCUT2D eigenvalue weighted by molar-refractivity contribution is -0.138. The number of fused-ring (bicyclic) bond motifs is 4. The molecule has 7 rings (SSSR count). The molecule has 236 valence electrons. The fraction of sp³-hybridized carbons (Fsp3) is 0.314. The van der Waals surface area contributed by atoms with Gasteiger partial charge in [-0.15, -0.1) is 23.2 Å². The summed E-state index contributed by atoms with van der Waals surface area (Å²) in [6.45, 7) is -0.248. The number of rotatable bonds is 7. The van der Waals surface area contributed by atoms with Gasteiger partial charge in [0, 0.05) is 29.9 Å². The average Bonchev–Trinajstić information content (AvgIpc) is 3.39. The SMILES string of the molecule is CN1C(=O)[C@]2(Cl)C[C@@H]3C(=CC[C@@H]4C(=O)N(c5ccc(Nc6ccccc6)cc5)C(=O)[C@@H]43)[C@H](c3ccccc3OCCO)[C@]2(Cl)C1=O. The van der Waals surface area contributed by atoms with Crippen LogP contribution in [0, 0.1) is 17.8 Å². The van der Waals surface area contributed by atoms with E-state index in [1.54, 1.807) is 36.4 Å². The van der Waals surface area contributed by atoms with Crippen LogP contribution in [-0.2, 0) is 19.2 Å². The number of amides is 4. The molecule has 3 aromatic carbocycles. The molecule has 2 saturated heterocycles. The topological polar surface area (TPSA) is 116 Å². The Labute approximate surface area is 275 Å². The molecule has 0 unspecified atom stereocenters. The number of benzene rings is 3. The third-order valence-corrected chi connectivity index (χ3v) is 11.2. The molecule has 11 heteroatoms. The highest BCUT2D eigenvalue weighted by Crippen LogP contribution is 2.66. The second-order valence-electron chi connectivity index (χ2n) is 12.2. The van der Waals surface area contributed by atoms with Gasteiger partial charge in [0.15, 0.2) is 9.75 Å². The maximum atomic E-state index is 14.3. The minimum absolute atomic E-state index is 0.00734. The monoisotopic (exact) mass is 659 g/mol. The van der Waals surface area contributed by atoms with Gasteiger partial charge in [-0.25, -0.2) is 0 Å². The molecule has 2 N–H and O–H groups in total. The number of hydrogen-bond donors (Lipinski definition) is 2. The van der Waals surface area contributed by atoms with Gasteiger partial charge in [0.2, 0.25) is 11.8 Å².